The molecule has 0 aliphatic rings. The smallest absolute Gasteiger partial charge is 0.0638 e. The molecule has 1 nitrogen and oxygen atoms in total. The second-order valence-electron chi connectivity index (χ2n) is 4.73. The highest BCUT2D eigenvalue weighted by Crippen LogP contribution is 2.17. The monoisotopic (exact) mass is 265 g/mol. The SMILES string of the molecule is C=C/C=C(C/C=C(/C)C(=N)c1ccccc1)\C(C)=C/C. The van der Waals surface area contributed by atoms with Gasteiger partial charge in [-0.05, 0) is 43.9 Å². The van der Waals surface area contributed by atoms with Crippen LogP contribution in [0.25, 0.3) is 0 Å². The fourth-order valence-electron chi connectivity index (χ4n) is 1.89. The summed E-state index contributed by atoms with van der Waals surface area (Å²) in [6.07, 6.45) is 8.88. The topological polar surface area (TPSA) is 23.9 Å². The van der Waals surface area contributed by atoms with Gasteiger partial charge >= 0.3 is 0 Å². The van der Waals surface area contributed by atoms with Gasteiger partial charge in [0.25, 0.3) is 0 Å². The van der Waals surface area contributed by atoms with Gasteiger partial charge in [-0.1, -0.05) is 66.8 Å². The van der Waals surface area contributed by atoms with Crippen LogP contribution < -0.4 is 0 Å². The van der Waals surface area contributed by atoms with E-state index in [1.807, 2.05) is 56.3 Å². The summed E-state index contributed by atoms with van der Waals surface area (Å²) in [7, 11) is 0. The lowest BCUT2D eigenvalue weighted by molar-refractivity contribution is 1.18. The largest absolute Gasteiger partial charge is 0.300 e. The maximum atomic E-state index is 8.21. The minimum Gasteiger partial charge on any atom is -0.300 e. The molecule has 1 N–H and O–H groups in total. The molecular weight excluding hydrogens is 242 g/mol. The number of hydrogen-bond donors (Lipinski definition) is 1. The van der Waals surface area contributed by atoms with Gasteiger partial charge in [-0.15, -0.1) is 0 Å². The third-order valence-electron chi connectivity index (χ3n) is 3.34. The maximum absolute atomic E-state index is 8.21. The summed E-state index contributed by atoms with van der Waals surface area (Å²) in [4.78, 5) is 0. The van der Waals surface area contributed by atoms with E-state index >= 15 is 0 Å². The first kappa shape index (κ1) is 15.9. The van der Waals surface area contributed by atoms with E-state index in [2.05, 4.69) is 25.7 Å². The molecule has 104 valence electrons. The summed E-state index contributed by atoms with van der Waals surface area (Å²) >= 11 is 0. The molecule has 0 fully saturated rings. The Morgan fingerprint density at radius 3 is 2.35 bits per heavy atom. The van der Waals surface area contributed by atoms with Crippen molar-refractivity contribution in [2.45, 2.75) is 27.2 Å². The van der Waals surface area contributed by atoms with Crippen molar-refractivity contribution in [1.82, 2.24) is 0 Å². The van der Waals surface area contributed by atoms with Crippen LogP contribution in [0.3, 0.4) is 0 Å². The lowest BCUT2D eigenvalue weighted by atomic mass is 9.98. The molecule has 0 aromatic heterocycles. The molecule has 0 heterocycles. The van der Waals surface area contributed by atoms with E-state index in [-0.39, 0.29) is 0 Å². The molecule has 1 aromatic rings. The predicted octanol–water partition coefficient (Wildman–Crippen LogP) is 5.47. The molecule has 0 radical (unpaired) electrons. The average molecular weight is 265 g/mol. The number of benzene rings is 1. The fraction of sp³-hybridized carbons (Fsp3) is 0.211. The Hall–Kier alpha value is -2.15. The van der Waals surface area contributed by atoms with Crippen molar-refractivity contribution in [3.63, 3.8) is 0 Å². The van der Waals surface area contributed by atoms with Gasteiger partial charge in [0.05, 0.1) is 5.71 Å². The van der Waals surface area contributed by atoms with Gasteiger partial charge in [0.2, 0.25) is 0 Å². The lowest BCUT2D eigenvalue weighted by Crippen LogP contribution is -2.00. The van der Waals surface area contributed by atoms with Crippen molar-refractivity contribution in [1.29, 1.82) is 5.41 Å². The fourth-order valence-corrected chi connectivity index (χ4v) is 1.89. The average Bonchev–Trinajstić information content (AvgIpc) is 2.50. The Morgan fingerprint density at radius 1 is 1.15 bits per heavy atom. The molecule has 1 rings (SSSR count). The highest BCUT2D eigenvalue weighted by atomic mass is 14.4. The van der Waals surface area contributed by atoms with E-state index < -0.39 is 0 Å². The first-order valence-corrected chi connectivity index (χ1v) is 6.86. The van der Waals surface area contributed by atoms with Crippen LogP contribution in [0.4, 0.5) is 0 Å². The number of rotatable bonds is 6. The quantitative estimate of drug-likeness (QED) is 0.521. The van der Waals surface area contributed by atoms with Gasteiger partial charge in [0.1, 0.15) is 0 Å². The Morgan fingerprint density at radius 2 is 1.80 bits per heavy atom. The first-order valence-electron chi connectivity index (χ1n) is 6.86. The second kappa shape index (κ2) is 8.11. The lowest BCUT2D eigenvalue weighted by Gasteiger charge is -2.07. The first-order chi connectivity index (χ1) is 9.60. The summed E-state index contributed by atoms with van der Waals surface area (Å²) in [5.74, 6) is 0. The van der Waals surface area contributed by atoms with Crippen molar-refractivity contribution in [2.24, 2.45) is 0 Å². The summed E-state index contributed by atoms with van der Waals surface area (Å²) in [5.41, 5.74) is 5.03. The maximum Gasteiger partial charge on any atom is 0.0638 e. The van der Waals surface area contributed by atoms with Gasteiger partial charge in [-0.3, -0.25) is 0 Å². The molecule has 0 aliphatic carbocycles. The van der Waals surface area contributed by atoms with Crippen molar-refractivity contribution in [3.05, 3.63) is 83.5 Å². The van der Waals surface area contributed by atoms with Gasteiger partial charge in [-0.25, -0.2) is 0 Å². The van der Waals surface area contributed by atoms with Crippen molar-refractivity contribution < 1.29 is 0 Å². The molecule has 0 spiro atoms. The van der Waals surface area contributed by atoms with Crippen LogP contribution in [-0.2, 0) is 0 Å². The molecule has 0 aliphatic heterocycles. The molecule has 1 aromatic carbocycles. The Labute approximate surface area is 122 Å². The Bertz CT molecular complexity index is 557. The van der Waals surface area contributed by atoms with Crippen molar-refractivity contribution >= 4 is 5.71 Å². The van der Waals surface area contributed by atoms with E-state index in [0.717, 1.165) is 17.6 Å². The minimum atomic E-state index is 0.585. The number of hydrogen-bond acceptors (Lipinski definition) is 1. The molecule has 20 heavy (non-hydrogen) atoms. The van der Waals surface area contributed by atoms with E-state index in [4.69, 9.17) is 5.41 Å². The Balaban J connectivity index is 2.86. The van der Waals surface area contributed by atoms with E-state index in [1.165, 1.54) is 11.1 Å². The zero-order chi connectivity index (χ0) is 15.0. The molecule has 1 heteroatoms. The van der Waals surface area contributed by atoms with Gasteiger partial charge in [-0.2, -0.15) is 0 Å². The van der Waals surface area contributed by atoms with Crippen LogP contribution in [0.1, 0.15) is 32.8 Å². The predicted molar refractivity (Wildman–Crippen MR) is 89.4 cm³/mol. The summed E-state index contributed by atoms with van der Waals surface area (Å²) in [6, 6.07) is 9.83. The number of allylic oxidation sites excluding steroid dienone is 7. The standard InChI is InChI=1S/C19H23N/c1-5-10-17(15(3)6-2)14-13-16(4)19(20)18-11-8-7-9-12-18/h5-13,20H,1,14H2,2-4H3/b15-6-,16-13-,17-10-,20-19?. The third kappa shape index (κ3) is 4.51. The van der Waals surface area contributed by atoms with Crippen LogP contribution >= 0.6 is 0 Å². The van der Waals surface area contributed by atoms with E-state index in [1.54, 1.807) is 0 Å². The van der Waals surface area contributed by atoms with Crippen molar-refractivity contribution in [3.8, 4) is 0 Å². The molecular formula is C19H23N. The van der Waals surface area contributed by atoms with E-state index in [9.17, 15) is 0 Å². The molecule has 0 amide bonds. The van der Waals surface area contributed by atoms with Crippen LogP contribution in [0, 0.1) is 5.41 Å². The van der Waals surface area contributed by atoms with Gasteiger partial charge in [0, 0.05) is 0 Å². The molecule has 0 atom stereocenters. The molecule has 0 unspecified atom stereocenters. The third-order valence-corrected chi connectivity index (χ3v) is 3.34. The summed E-state index contributed by atoms with van der Waals surface area (Å²) in [5, 5.41) is 8.21. The molecule has 0 saturated heterocycles. The van der Waals surface area contributed by atoms with Crippen LogP contribution in [0.5, 0.6) is 0 Å². The zero-order valence-electron chi connectivity index (χ0n) is 12.6. The normalized spacial score (nSPS) is 13.2. The van der Waals surface area contributed by atoms with Crippen LogP contribution in [-0.4, -0.2) is 5.71 Å². The van der Waals surface area contributed by atoms with Crippen LogP contribution in [0.2, 0.25) is 0 Å². The highest BCUT2D eigenvalue weighted by Gasteiger charge is 2.03. The highest BCUT2D eigenvalue weighted by molar-refractivity contribution is 6.10. The van der Waals surface area contributed by atoms with Gasteiger partial charge in [0.15, 0.2) is 0 Å². The van der Waals surface area contributed by atoms with Crippen molar-refractivity contribution in [2.75, 3.05) is 0 Å². The summed E-state index contributed by atoms with van der Waals surface area (Å²) < 4.78 is 0. The minimum absolute atomic E-state index is 0.585. The summed E-state index contributed by atoms with van der Waals surface area (Å²) in [6.45, 7) is 9.89. The molecule has 0 saturated carbocycles. The van der Waals surface area contributed by atoms with Gasteiger partial charge < -0.3 is 5.41 Å². The molecule has 0 bridgehead atoms. The number of nitrogens with one attached hydrogen (secondary N) is 1. The Kier molecular flexibility index (Phi) is 6.45. The second-order valence-corrected chi connectivity index (χ2v) is 4.73. The zero-order valence-corrected chi connectivity index (χ0v) is 12.6. The van der Waals surface area contributed by atoms with Crippen LogP contribution in [0.15, 0.2) is 77.9 Å². The van der Waals surface area contributed by atoms with E-state index in [0.29, 0.717) is 5.71 Å².